The number of rotatable bonds is 2. The summed E-state index contributed by atoms with van der Waals surface area (Å²) in [7, 11) is 0. The van der Waals surface area contributed by atoms with E-state index in [9.17, 15) is 0 Å². The largest absolute Gasteiger partial charge is 0.347 e. The number of para-hydroxylation sites is 1. The van der Waals surface area contributed by atoms with Crippen LogP contribution in [-0.4, -0.2) is 6.54 Å². The van der Waals surface area contributed by atoms with Crippen molar-refractivity contribution in [2.24, 2.45) is 0 Å². The summed E-state index contributed by atoms with van der Waals surface area (Å²) in [6, 6.07) is 19.1. The van der Waals surface area contributed by atoms with E-state index in [-0.39, 0.29) is 0 Å². The summed E-state index contributed by atoms with van der Waals surface area (Å²) in [6.45, 7) is 1.09. The molecule has 0 fully saturated rings. The number of benzene rings is 2. The van der Waals surface area contributed by atoms with E-state index < -0.39 is 0 Å². The van der Waals surface area contributed by atoms with E-state index in [1.165, 1.54) is 16.8 Å². The summed E-state index contributed by atoms with van der Waals surface area (Å²) in [5.41, 5.74) is 4.04. The Balaban J connectivity index is 1.82. The Morgan fingerprint density at radius 3 is 2.53 bits per heavy atom. The predicted molar refractivity (Wildman–Crippen MR) is 73.0 cm³/mol. The van der Waals surface area contributed by atoms with Crippen LogP contribution in [-0.2, 0) is 6.42 Å². The molecule has 3 rings (SSSR count). The molecule has 0 bridgehead atoms. The molecule has 0 N–H and O–H groups in total. The lowest BCUT2D eigenvalue weighted by atomic mass is 10.2. The molecule has 17 heavy (non-hydrogen) atoms. The molecule has 0 saturated heterocycles. The molecule has 0 atom stereocenters. The Bertz CT molecular complexity index is 528. The third-order valence-corrected chi connectivity index (χ3v) is 3.17. The van der Waals surface area contributed by atoms with Gasteiger partial charge in [0.2, 0.25) is 0 Å². The maximum absolute atomic E-state index is 2.32. The lowest BCUT2D eigenvalue weighted by Gasteiger charge is -2.13. The van der Waals surface area contributed by atoms with E-state index in [0.717, 1.165) is 13.0 Å². The maximum Gasteiger partial charge on any atom is 0.0439 e. The van der Waals surface area contributed by atoms with Crippen LogP contribution in [0.2, 0.25) is 0 Å². The minimum Gasteiger partial charge on any atom is -0.347 e. The number of fused-ring (bicyclic) bond motifs is 1. The van der Waals surface area contributed by atoms with E-state index in [1.54, 1.807) is 0 Å². The third-order valence-electron chi connectivity index (χ3n) is 3.17. The number of hydrogen-bond donors (Lipinski definition) is 0. The molecule has 1 heterocycles. The standard InChI is InChI=1S/C16H15N/c1-2-6-14(7-3-1)10-12-17-13-11-15-8-4-5-9-16(15)17/h1-10,12H,11,13H2/b12-10+. The van der Waals surface area contributed by atoms with E-state index in [2.05, 4.69) is 65.7 Å². The molecule has 0 spiro atoms. The lowest BCUT2D eigenvalue weighted by Crippen LogP contribution is -2.11. The highest BCUT2D eigenvalue weighted by Crippen LogP contribution is 2.27. The molecule has 0 saturated carbocycles. The molecular formula is C16H15N. The second kappa shape index (κ2) is 4.46. The molecule has 0 aromatic heterocycles. The van der Waals surface area contributed by atoms with Crippen LogP contribution < -0.4 is 4.90 Å². The topological polar surface area (TPSA) is 3.24 Å². The lowest BCUT2D eigenvalue weighted by molar-refractivity contribution is 0.995. The van der Waals surface area contributed by atoms with Gasteiger partial charge in [-0.3, -0.25) is 0 Å². The van der Waals surface area contributed by atoms with Crippen molar-refractivity contribution in [3.05, 3.63) is 71.9 Å². The van der Waals surface area contributed by atoms with Gasteiger partial charge in [0.15, 0.2) is 0 Å². The highest BCUT2D eigenvalue weighted by atomic mass is 15.1. The van der Waals surface area contributed by atoms with Crippen molar-refractivity contribution >= 4 is 11.8 Å². The van der Waals surface area contributed by atoms with Crippen LogP contribution in [0.1, 0.15) is 11.1 Å². The van der Waals surface area contributed by atoms with Gasteiger partial charge in [-0.2, -0.15) is 0 Å². The average Bonchev–Trinajstić information content (AvgIpc) is 2.81. The summed E-state index contributed by atoms with van der Waals surface area (Å²) in [5, 5.41) is 0. The molecule has 1 heteroatoms. The van der Waals surface area contributed by atoms with Gasteiger partial charge in [0.1, 0.15) is 0 Å². The minimum absolute atomic E-state index is 1.09. The molecule has 84 valence electrons. The van der Waals surface area contributed by atoms with Crippen molar-refractivity contribution in [1.29, 1.82) is 0 Å². The van der Waals surface area contributed by atoms with Gasteiger partial charge in [0, 0.05) is 18.4 Å². The fourth-order valence-corrected chi connectivity index (χ4v) is 2.26. The number of anilines is 1. The maximum atomic E-state index is 2.32. The first-order chi connectivity index (χ1) is 8.43. The van der Waals surface area contributed by atoms with Gasteiger partial charge in [-0.25, -0.2) is 0 Å². The first kappa shape index (κ1) is 10.2. The number of hydrogen-bond acceptors (Lipinski definition) is 1. The van der Waals surface area contributed by atoms with Crippen molar-refractivity contribution in [3.8, 4) is 0 Å². The third kappa shape index (κ3) is 2.09. The fraction of sp³-hybridized carbons (Fsp3) is 0.125. The zero-order chi connectivity index (χ0) is 11.5. The van der Waals surface area contributed by atoms with Crippen LogP contribution in [0.3, 0.4) is 0 Å². The first-order valence-electron chi connectivity index (χ1n) is 6.01. The van der Waals surface area contributed by atoms with Gasteiger partial charge in [0.05, 0.1) is 0 Å². The Kier molecular flexibility index (Phi) is 2.66. The van der Waals surface area contributed by atoms with Crippen LogP contribution in [0.5, 0.6) is 0 Å². The second-order valence-corrected chi connectivity index (χ2v) is 4.30. The average molecular weight is 221 g/mol. The fourth-order valence-electron chi connectivity index (χ4n) is 2.26. The molecule has 0 radical (unpaired) electrons. The Morgan fingerprint density at radius 1 is 0.882 bits per heavy atom. The quantitative estimate of drug-likeness (QED) is 0.747. The van der Waals surface area contributed by atoms with E-state index >= 15 is 0 Å². The van der Waals surface area contributed by atoms with Crippen LogP contribution in [0.25, 0.3) is 6.08 Å². The van der Waals surface area contributed by atoms with Gasteiger partial charge in [0.25, 0.3) is 0 Å². The minimum atomic E-state index is 1.09. The zero-order valence-electron chi connectivity index (χ0n) is 9.71. The summed E-state index contributed by atoms with van der Waals surface area (Å²) in [6.07, 6.45) is 5.50. The summed E-state index contributed by atoms with van der Waals surface area (Å²) in [5.74, 6) is 0. The molecule has 1 nitrogen and oxygen atoms in total. The van der Waals surface area contributed by atoms with Gasteiger partial charge in [-0.15, -0.1) is 0 Å². The van der Waals surface area contributed by atoms with E-state index in [0.29, 0.717) is 0 Å². The van der Waals surface area contributed by atoms with Crippen molar-refractivity contribution in [1.82, 2.24) is 0 Å². The van der Waals surface area contributed by atoms with Crippen molar-refractivity contribution in [2.45, 2.75) is 6.42 Å². The Hall–Kier alpha value is -2.02. The monoisotopic (exact) mass is 221 g/mol. The van der Waals surface area contributed by atoms with Crippen molar-refractivity contribution in [2.75, 3.05) is 11.4 Å². The summed E-state index contributed by atoms with van der Waals surface area (Å²) < 4.78 is 0. The SMILES string of the molecule is C(=C\N1CCc2ccccc21)/c1ccccc1. The molecule has 0 amide bonds. The second-order valence-electron chi connectivity index (χ2n) is 4.30. The molecule has 1 aliphatic rings. The molecule has 0 aliphatic carbocycles. The van der Waals surface area contributed by atoms with Crippen LogP contribution in [0.15, 0.2) is 60.8 Å². The van der Waals surface area contributed by atoms with Crippen LogP contribution in [0.4, 0.5) is 5.69 Å². The molecule has 2 aromatic rings. The van der Waals surface area contributed by atoms with Crippen molar-refractivity contribution in [3.63, 3.8) is 0 Å². The van der Waals surface area contributed by atoms with E-state index in [4.69, 9.17) is 0 Å². The van der Waals surface area contributed by atoms with Gasteiger partial charge in [-0.05, 0) is 29.7 Å². The van der Waals surface area contributed by atoms with Gasteiger partial charge in [-0.1, -0.05) is 48.5 Å². The zero-order valence-corrected chi connectivity index (χ0v) is 9.71. The Morgan fingerprint density at radius 2 is 1.65 bits per heavy atom. The van der Waals surface area contributed by atoms with E-state index in [1.807, 2.05) is 6.07 Å². The Labute approximate surface area is 102 Å². The van der Waals surface area contributed by atoms with Gasteiger partial charge >= 0.3 is 0 Å². The van der Waals surface area contributed by atoms with Crippen LogP contribution in [0, 0.1) is 0 Å². The molecule has 2 aromatic carbocycles. The highest BCUT2D eigenvalue weighted by molar-refractivity contribution is 5.63. The van der Waals surface area contributed by atoms with Crippen molar-refractivity contribution < 1.29 is 0 Å². The molecule has 1 aliphatic heterocycles. The summed E-state index contributed by atoms with van der Waals surface area (Å²) in [4.78, 5) is 2.32. The molecule has 0 unspecified atom stereocenters. The normalized spacial score (nSPS) is 14.2. The summed E-state index contributed by atoms with van der Waals surface area (Å²) >= 11 is 0. The highest BCUT2D eigenvalue weighted by Gasteiger charge is 2.15. The predicted octanol–water partition coefficient (Wildman–Crippen LogP) is 3.72. The molecular weight excluding hydrogens is 206 g/mol. The van der Waals surface area contributed by atoms with Crippen LogP contribution >= 0.6 is 0 Å². The first-order valence-corrected chi connectivity index (χ1v) is 6.01. The van der Waals surface area contributed by atoms with Gasteiger partial charge < -0.3 is 4.90 Å². The number of nitrogens with zero attached hydrogens (tertiary/aromatic N) is 1. The smallest absolute Gasteiger partial charge is 0.0439 e.